The van der Waals surface area contributed by atoms with Crippen LogP contribution in [-0.2, 0) is 10.0 Å². The van der Waals surface area contributed by atoms with E-state index < -0.39 is 33.1 Å². The molecule has 3 rings (SSSR count). The second-order valence-corrected chi connectivity index (χ2v) is 22.3. The quantitative estimate of drug-likeness (QED) is 0.124. The highest BCUT2D eigenvalue weighted by atomic mass is 32.2. The van der Waals surface area contributed by atoms with Crippen LogP contribution < -0.4 is 0 Å². The van der Waals surface area contributed by atoms with Crippen LogP contribution in [0.3, 0.4) is 0 Å². The van der Waals surface area contributed by atoms with Crippen LogP contribution in [0.25, 0.3) is 0 Å². The monoisotopic (exact) mass is 560 g/mol. The molecule has 0 saturated heterocycles. The van der Waals surface area contributed by atoms with Gasteiger partial charge >= 0.3 is 5.25 Å². The van der Waals surface area contributed by atoms with E-state index in [1.165, 1.54) is 24.3 Å². The number of halogens is 3. The van der Waals surface area contributed by atoms with E-state index in [4.69, 9.17) is 4.43 Å². The predicted octanol–water partition coefficient (Wildman–Crippen LogP) is 9.50. The lowest BCUT2D eigenvalue weighted by Gasteiger charge is -2.45. The summed E-state index contributed by atoms with van der Waals surface area (Å²) >= 11 is 0.527. The van der Waals surface area contributed by atoms with Gasteiger partial charge in [-0.15, -0.1) is 11.5 Å². The number of hydrogen-bond donors (Lipinski definition) is 0. The van der Waals surface area contributed by atoms with E-state index >= 15 is 8.78 Å². The summed E-state index contributed by atoms with van der Waals surface area (Å²) in [6.07, 6.45) is 6.90. The van der Waals surface area contributed by atoms with Gasteiger partial charge in [0.25, 0.3) is 0 Å². The predicted molar refractivity (Wildman–Crippen MR) is 155 cm³/mol. The molecule has 0 amide bonds. The number of rotatable bonds is 10. The summed E-state index contributed by atoms with van der Waals surface area (Å²) in [6.45, 7) is 12.5. The molecule has 1 aliphatic carbocycles. The van der Waals surface area contributed by atoms with Crippen molar-refractivity contribution in [3.05, 3.63) is 78.1 Å². The van der Waals surface area contributed by atoms with E-state index in [1.807, 2.05) is 25.7 Å². The Morgan fingerprint density at radius 2 is 1.54 bits per heavy atom. The van der Waals surface area contributed by atoms with Crippen molar-refractivity contribution < 1.29 is 17.6 Å². The molecule has 0 aromatic heterocycles. The molecular weight excluding hydrogens is 522 g/mol. The minimum absolute atomic E-state index is 0.0707. The molecule has 7 heteroatoms. The largest absolute Gasteiger partial charge is 0.402 e. The van der Waals surface area contributed by atoms with Gasteiger partial charge < -0.3 is 4.43 Å². The number of hydrogen-bond acceptors (Lipinski definition) is 2. The first-order valence-corrected chi connectivity index (χ1v) is 20.7. The van der Waals surface area contributed by atoms with Crippen LogP contribution in [0, 0.1) is 29.1 Å². The first-order valence-electron chi connectivity index (χ1n) is 13.0. The molecule has 0 radical (unpaired) electrons. The van der Waals surface area contributed by atoms with Crippen molar-refractivity contribution in [1.29, 1.82) is 0 Å². The Kier molecular flexibility index (Phi) is 9.66. The lowest BCUT2D eigenvalue weighted by molar-refractivity contribution is -0.124. The number of alkyl halides is 2. The number of thioether (sulfide) groups is 1. The summed E-state index contributed by atoms with van der Waals surface area (Å²) in [6, 6.07) is 14.2. The third-order valence-electron chi connectivity index (χ3n) is 6.16. The average Bonchev–Trinajstić information content (AvgIpc) is 3.22. The second kappa shape index (κ2) is 12.0. The van der Waals surface area contributed by atoms with Crippen molar-refractivity contribution in [3.63, 3.8) is 0 Å². The summed E-state index contributed by atoms with van der Waals surface area (Å²) < 4.78 is 53.6. The minimum atomic E-state index is -3.29. The Morgan fingerprint density at radius 3 is 2.14 bits per heavy atom. The molecule has 0 spiro atoms. The summed E-state index contributed by atoms with van der Waals surface area (Å²) in [4.78, 5) is 0.471. The molecular formula is C30H39F3OSSi2. The molecule has 3 atom stereocenters. The highest BCUT2D eigenvalue weighted by Gasteiger charge is 2.59. The Bertz CT molecular complexity index is 1110. The van der Waals surface area contributed by atoms with Crippen molar-refractivity contribution in [2.75, 3.05) is 0 Å². The van der Waals surface area contributed by atoms with Gasteiger partial charge in [0.2, 0.25) is 0 Å². The van der Waals surface area contributed by atoms with Gasteiger partial charge in [0, 0.05) is 11.3 Å². The van der Waals surface area contributed by atoms with Crippen LogP contribution in [0.15, 0.2) is 71.6 Å². The molecule has 1 nitrogen and oxygen atoms in total. The van der Waals surface area contributed by atoms with Gasteiger partial charge in [-0.1, -0.05) is 62.1 Å². The molecule has 0 aliphatic heterocycles. The van der Waals surface area contributed by atoms with Crippen LogP contribution in [0.5, 0.6) is 0 Å². The second-order valence-electron chi connectivity index (χ2n) is 11.9. The van der Waals surface area contributed by atoms with Crippen molar-refractivity contribution in [1.82, 2.24) is 0 Å². The minimum Gasteiger partial charge on any atom is -0.402 e. The van der Waals surface area contributed by atoms with Crippen molar-refractivity contribution in [3.8, 4) is 11.5 Å². The van der Waals surface area contributed by atoms with Gasteiger partial charge in [-0.05, 0) is 92.3 Å². The lowest BCUT2D eigenvalue weighted by atomic mass is 9.83. The van der Waals surface area contributed by atoms with Gasteiger partial charge in [0.05, 0.1) is 0 Å². The third-order valence-corrected chi connectivity index (χ3v) is 9.15. The third kappa shape index (κ3) is 8.64. The van der Waals surface area contributed by atoms with Crippen LogP contribution in [0.4, 0.5) is 13.2 Å². The maximum absolute atomic E-state index is 16.6. The molecule has 37 heavy (non-hydrogen) atoms. The fourth-order valence-electron chi connectivity index (χ4n) is 4.71. The van der Waals surface area contributed by atoms with E-state index in [1.54, 1.807) is 24.3 Å². The maximum Gasteiger partial charge on any atom is 0.329 e. The normalized spacial score (nSPS) is 19.8. The van der Waals surface area contributed by atoms with Crippen molar-refractivity contribution in [2.45, 2.75) is 80.7 Å². The van der Waals surface area contributed by atoms with Crippen LogP contribution in [0.2, 0.25) is 39.3 Å². The molecule has 1 aliphatic rings. The summed E-state index contributed by atoms with van der Waals surface area (Å²) in [5.41, 5.74) is 1.83. The lowest BCUT2D eigenvalue weighted by Crippen LogP contribution is -2.52. The zero-order valence-electron chi connectivity index (χ0n) is 22.8. The van der Waals surface area contributed by atoms with Gasteiger partial charge in [-0.25, -0.2) is 4.39 Å². The summed E-state index contributed by atoms with van der Waals surface area (Å²) in [5, 5.41) is -3.29. The van der Waals surface area contributed by atoms with E-state index in [-0.39, 0.29) is 12.3 Å². The van der Waals surface area contributed by atoms with E-state index in [2.05, 4.69) is 43.3 Å². The SMILES string of the molecule is C[Si](C)(C)C#CCC[C@@H]1C=C[C@@H](CC(O[Si](C)(C)C)(c2ccc(F)cc2)C(F)(F)Sc2ccccc2)C1. The molecule has 1 unspecified atom stereocenters. The molecule has 200 valence electrons. The van der Waals surface area contributed by atoms with E-state index in [9.17, 15) is 4.39 Å². The standard InChI is InChI=1S/C30H39F3OSSi2/c1-36(2,3)21-11-10-12-24-15-16-25(22-24)23-29(34-37(4,5)6,26-17-19-27(31)20-18-26)30(32,33)35-28-13-8-7-9-14-28/h7-9,13-20,24-25H,10,12,22-23H2,1-6H3/t24-,25-,29?/m1/s1. The smallest absolute Gasteiger partial charge is 0.329 e. The molecule has 0 N–H and O–H groups in total. The summed E-state index contributed by atoms with van der Waals surface area (Å²) in [5.74, 6) is 3.12. The average molecular weight is 561 g/mol. The summed E-state index contributed by atoms with van der Waals surface area (Å²) in [7, 11) is -3.88. The highest BCUT2D eigenvalue weighted by molar-refractivity contribution is 8.00. The van der Waals surface area contributed by atoms with Gasteiger partial charge in [0.1, 0.15) is 13.9 Å². The molecule has 2 aromatic carbocycles. The zero-order valence-corrected chi connectivity index (χ0v) is 25.6. The van der Waals surface area contributed by atoms with Gasteiger partial charge in [-0.2, -0.15) is 8.78 Å². The van der Waals surface area contributed by atoms with E-state index in [0.29, 0.717) is 28.1 Å². The van der Waals surface area contributed by atoms with Crippen LogP contribution in [0.1, 0.15) is 31.2 Å². The van der Waals surface area contributed by atoms with Crippen molar-refractivity contribution >= 4 is 28.2 Å². The van der Waals surface area contributed by atoms with Crippen LogP contribution >= 0.6 is 11.8 Å². The van der Waals surface area contributed by atoms with Crippen LogP contribution in [-0.4, -0.2) is 21.6 Å². The van der Waals surface area contributed by atoms with Gasteiger partial charge in [-0.3, -0.25) is 0 Å². The maximum atomic E-state index is 16.6. The van der Waals surface area contributed by atoms with E-state index in [0.717, 1.165) is 19.3 Å². The number of allylic oxidation sites excluding steroid dienone is 2. The molecule has 0 saturated carbocycles. The first-order chi connectivity index (χ1) is 17.2. The fourth-order valence-corrected chi connectivity index (χ4v) is 7.81. The molecule has 0 heterocycles. The fraction of sp³-hybridized carbons (Fsp3) is 0.467. The molecule has 0 fully saturated rings. The Morgan fingerprint density at radius 1 is 0.919 bits per heavy atom. The Hall–Kier alpha value is -1.73. The first kappa shape index (κ1) is 29.8. The topological polar surface area (TPSA) is 9.23 Å². The van der Waals surface area contributed by atoms with Gasteiger partial charge in [0.15, 0.2) is 13.9 Å². The molecule has 2 aromatic rings. The zero-order chi connectivity index (χ0) is 27.3. The highest BCUT2D eigenvalue weighted by Crippen LogP contribution is 2.56. The Labute approximate surface area is 227 Å². The molecule has 0 bridgehead atoms. The number of benzene rings is 2. The Balaban J connectivity index is 1.93. The van der Waals surface area contributed by atoms with Crippen molar-refractivity contribution in [2.24, 2.45) is 11.8 Å².